The third kappa shape index (κ3) is 4.76. The largest absolute Gasteiger partial charge is 0.451 e. The SMILES string of the molecule is C[Si](C)(C)N([Si](C)(C)C)P1(F)=NC(C(F)(F)F)=NC(C(F)(F)F)=N1. The standard InChI is InChI=1S/C10H18F7N4PSi2/c1-23(2,3)21(24(4,5)6)22(17)19-7(9(11,12)13)18-8(20-22)10(14,15)16/h1-6H3. The van der Waals surface area contributed by atoms with Crippen molar-refractivity contribution in [2.45, 2.75) is 51.6 Å². The van der Waals surface area contributed by atoms with Gasteiger partial charge >= 0.3 is 20.0 Å². The molecule has 140 valence electrons. The van der Waals surface area contributed by atoms with E-state index in [-0.39, 0.29) is 0 Å². The molecule has 0 radical (unpaired) electrons. The molecule has 1 aliphatic heterocycles. The summed E-state index contributed by atoms with van der Waals surface area (Å²) >= 11 is 0. The van der Waals surface area contributed by atoms with Crippen LogP contribution < -0.4 is 0 Å². The molecule has 0 bridgehead atoms. The lowest BCUT2D eigenvalue weighted by atomic mass is 10.5. The normalized spacial score (nSPS) is 23.8. The molecule has 1 aliphatic rings. The van der Waals surface area contributed by atoms with Crippen molar-refractivity contribution in [2.24, 2.45) is 14.5 Å². The van der Waals surface area contributed by atoms with Crippen LogP contribution in [0.1, 0.15) is 0 Å². The van der Waals surface area contributed by atoms with Gasteiger partial charge in [-0.25, -0.2) is 4.99 Å². The van der Waals surface area contributed by atoms with Crippen molar-refractivity contribution in [1.29, 1.82) is 0 Å². The maximum absolute atomic E-state index is 15.5. The van der Waals surface area contributed by atoms with Gasteiger partial charge in [-0.3, -0.25) is 4.00 Å². The van der Waals surface area contributed by atoms with Crippen LogP contribution in [0.4, 0.5) is 30.5 Å². The van der Waals surface area contributed by atoms with Gasteiger partial charge in [-0.1, -0.05) is 39.3 Å². The number of rotatable bonds is 3. The summed E-state index contributed by atoms with van der Waals surface area (Å²) in [5, 5.41) is 0. The van der Waals surface area contributed by atoms with Crippen LogP contribution in [-0.4, -0.2) is 44.5 Å². The molecular formula is C10H18F7N4PSi2. The molecule has 0 saturated carbocycles. The van der Waals surface area contributed by atoms with Crippen LogP contribution in [0.25, 0.3) is 0 Å². The van der Waals surface area contributed by atoms with Gasteiger partial charge in [0.2, 0.25) is 11.7 Å². The molecule has 0 saturated heterocycles. The van der Waals surface area contributed by atoms with E-state index >= 15 is 4.20 Å². The highest BCUT2D eigenvalue weighted by Crippen LogP contribution is 2.63. The molecule has 24 heavy (non-hydrogen) atoms. The van der Waals surface area contributed by atoms with Crippen molar-refractivity contribution in [1.82, 2.24) is 4.00 Å². The zero-order chi connectivity index (χ0) is 19.4. The molecule has 1 atom stereocenters. The number of hydrogen-bond donors (Lipinski definition) is 0. The number of halogens is 7. The maximum Gasteiger partial charge on any atom is 0.451 e. The second-order valence-electron chi connectivity index (χ2n) is 7.10. The predicted molar refractivity (Wildman–Crippen MR) is 86.0 cm³/mol. The predicted octanol–water partition coefficient (Wildman–Crippen LogP) is 5.81. The summed E-state index contributed by atoms with van der Waals surface area (Å²) in [5.74, 6) is -4.25. The third-order valence-electron chi connectivity index (χ3n) is 2.69. The smallest absolute Gasteiger partial charge is 0.271 e. The fourth-order valence-electron chi connectivity index (χ4n) is 2.51. The molecule has 1 heterocycles. The minimum Gasteiger partial charge on any atom is -0.271 e. The maximum atomic E-state index is 15.5. The zero-order valence-electron chi connectivity index (χ0n) is 13.9. The van der Waals surface area contributed by atoms with E-state index in [0.717, 1.165) is 4.00 Å². The topological polar surface area (TPSA) is 40.3 Å². The van der Waals surface area contributed by atoms with Crippen molar-refractivity contribution in [3.63, 3.8) is 0 Å². The average molecular weight is 414 g/mol. The van der Waals surface area contributed by atoms with E-state index in [9.17, 15) is 26.3 Å². The number of nitrogens with zero attached hydrogens (tertiary/aromatic N) is 4. The molecule has 1 rings (SSSR count). The van der Waals surface area contributed by atoms with E-state index in [2.05, 4.69) is 14.5 Å². The van der Waals surface area contributed by atoms with Crippen molar-refractivity contribution >= 4 is 35.8 Å². The van der Waals surface area contributed by atoms with Crippen molar-refractivity contribution in [3.8, 4) is 0 Å². The highest BCUT2D eigenvalue weighted by atomic mass is 31.2. The van der Waals surface area contributed by atoms with Crippen molar-refractivity contribution in [3.05, 3.63) is 0 Å². The first-order chi connectivity index (χ1) is 10.3. The minimum atomic E-state index is -5.30. The highest BCUT2D eigenvalue weighted by molar-refractivity contribution is 7.62. The van der Waals surface area contributed by atoms with Crippen LogP contribution in [0.3, 0.4) is 0 Å². The first kappa shape index (κ1) is 21.5. The molecule has 0 aromatic carbocycles. The van der Waals surface area contributed by atoms with Crippen LogP contribution in [0.2, 0.25) is 39.3 Å². The lowest BCUT2D eigenvalue weighted by Gasteiger charge is -2.45. The van der Waals surface area contributed by atoms with Gasteiger partial charge in [0.15, 0.2) is 0 Å². The molecule has 0 aromatic rings. The summed E-state index contributed by atoms with van der Waals surface area (Å²) in [4.78, 5) is 2.41. The van der Waals surface area contributed by atoms with E-state index in [4.69, 9.17) is 0 Å². The molecule has 0 N–H and O–H groups in total. The molecule has 0 spiro atoms. The molecule has 0 aromatic heterocycles. The van der Waals surface area contributed by atoms with Crippen LogP contribution in [0.15, 0.2) is 14.5 Å². The first-order valence-corrected chi connectivity index (χ1v) is 15.2. The van der Waals surface area contributed by atoms with Crippen LogP contribution in [0.5, 0.6) is 0 Å². The number of aliphatic imine (C=N–C) groups is 1. The Balaban J connectivity index is 3.78. The average Bonchev–Trinajstić information content (AvgIpc) is 2.20. The monoisotopic (exact) mass is 414 g/mol. The van der Waals surface area contributed by atoms with Gasteiger partial charge in [-0.2, -0.15) is 40.0 Å². The lowest BCUT2D eigenvalue weighted by molar-refractivity contribution is -0.0634. The van der Waals surface area contributed by atoms with Crippen LogP contribution >= 0.6 is 7.67 Å². The van der Waals surface area contributed by atoms with Gasteiger partial charge in [0.1, 0.15) is 16.5 Å². The van der Waals surface area contributed by atoms with E-state index in [0.29, 0.717) is 0 Å². The van der Waals surface area contributed by atoms with E-state index in [1.807, 2.05) is 0 Å². The van der Waals surface area contributed by atoms with E-state index < -0.39 is 48.2 Å². The molecule has 14 heteroatoms. The summed E-state index contributed by atoms with van der Waals surface area (Å²) in [6, 6.07) is 0. The van der Waals surface area contributed by atoms with E-state index in [1.165, 1.54) is 0 Å². The third-order valence-corrected chi connectivity index (χ3v) is 15.8. The molecule has 1 unspecified atom stereocenters. The van der Waals surface area contributed by atoms with Crippen molar-refractivity contribution < 1.29 is 30.5 Å². The first-order valence-electron chi connectivity index (χ1n) is 6.74. The molecule has 4 nitrogen and oxygen atoms in total. The van der Waals surface area contributed by atoms with E-state index in [1.54, 1.807) is 39.3 Å². The second kappa shape index (κ2) is 6.02. The Morgan fingerprint density at radius 1 is 0.792 bits per heavy atom. The van der Waals surface area contributed by atoms with Gasteiger partial charge in [-0.05, 0) is 0 Å². The number of hydrogen-bond acceptors (Lipinski definition) is 4. The fraction of sp³-hybridized carbons (Fsp3) is 0.800. The van der Waals surface area contributed by atoms with Gasteiger partial charge in [0.05, 0.1) is 0 Å². The second-order valence-corrected chi connectivity index (χ2v) is 19.7. The molecule has 0 amide bonds. The quantitative estimate of drug-likeness (QED) is 0.326. The van der Waals surface area contributed by atoms with Gasteiger partial charge < -0.3 is 0 Å². The van der Waals surface area contributed by atoms with Crippen LogP contribution in [-0.2, 0) is 0 Å². The Hall–Kier alpha value is -0.526. The summed E-state index contributed by atoms with van der Waals surface area (Å²) in [6.07, 6.45) is -10.6. The summed E-state index contributed by atoms with van der Waals surface area (Å²) in [5.41, 5.74) is 0. The van der Waals surface area contributed by atoms with Crippen LogP contribution in [0, 0.1) is 0 Å². The lowest BCUT2D eigenvalue weighted by Crippen LogP contribution is -2.56. The van der Waals surface area contributed by atoms with Crippen molar-refractivity contribution in [2.75, 3.05) is 0 Å². The Labute approximate surface area is 137 Å². The van der Waals surface area contributed by atoms with Gasteiger partial charge in [0, 0.05) is 0 Å². The summed E-state index contributed by atoms with van der Waals surface area (Å²) in [6.45, 7) is 9.77. The van der Waals surface area contributed by atoms with Gasteiger partial charge in [-0.15, -0.1) is 0 Å². The molecular weight excluding hydrogens is 396 g/mol. The Kier molecular flexibility index (Phi) is 5.40. The molecule has 0 aliphatic carbocycles. The van der Waals surface area contributed by atoms with Gasteiger partial charge in [0.25, 0.3) is 0 Å². The number of amidine groups is 2. The molecule has 0 fully saturated rings. The zero-order valence-corrected chi connectivity index (χ0v) is 16.8. The fourth-order valence-corrected chi connectivity index (χ4v) is 18.2. The Bertz CT molecular complexity index is 596. The minimum absolute atomic E-state index is 1.12. The highest BCUT2D eigenvalue weighted by Gasteiger charge is 2.52. The Morgan fingerprint density at radius 3 is 1.46 bits per heavy atom. The number of alkyl halides is 6. The summed E-state index contributed by atoms with van der Waals surface area (Å²) in [7, 11) is -10.3. The summed E-state index contributed by atoms with van der Waals surface area (Å²) < 4.78 is 100.0. The Morgan fingerprint density at radius 2 is 1.17 bits per heavy atom.